The third kappa shape index (κ3) is 3.40. The van der Waals surface area contributed by atoms with Crippen molar-refractivity contribution in [2.45, 2.75) is 6.92 Å². The maximum atomic E-state index is 12.2. The fourth-order valence-electron chi connectivity index (χ4n) is 2.21. The Morgan fingerprint density at radius 1 is 0.957 bits per heavy atom. The molecule has 114 valence electrons. The third-order valence-corrected chi connectivity index (χ3v) is 4.14. The molecule has 0 amide bonds. The Morgan fingerprint density at radius 3 is 2.22 bits per heavy atom. The topological polar surface area (TPSA) is 58.5 Å². The predicted octanol–water partition coefficient (Wildman–Crippen LogP) is 3.95. The van der Waals surface area contributed by atoms with Crippen molar-refractivity contribution in [2.24, 2.45) is 4.99 Å². The van der Waals surface area contributed by atoms with Gasteiger partial charge in [-0.2, -0.15) is 0 Å². The standard InChI is InChI=1S/C18H14N2O2S/c1-12(19-13-8-4-2-5-9-13)15-16(21)18(22)23-17(15)20-14-10-6-3-7-11-14/h2-11,19H,1H3/b15-12-,20-17?. The Labute approximate surface area is 138 Å². The summed E-state index contributed by atoms with van der Waals surface area (Å²) in [7, 11) is 0. The molecule has 0 aromatic heterocycles. The van der Waals surface area contributed by atoms with Crippen LogP contribution in [0.15, 0.2) is 76.9 Å². The Balaban J connectivity index is 1.99. The summed E-state index contributed by atoms with van der Waals surface area (Å²) < 4.78 is 0. The van der Waals surface area contributed by atoms with E-state index in [9.17, 15) is 9.59 Å². The first kappa shape index (κ1) is 15.2. The molecule has 0 unspecified atom stereocenters. The van der Waals surface area contributed by atoms with E-state index in [0.717, 1.165) is 17.4 Å². The van der Waals surface area contributed by atoms with Crippen LogP contribution in [0.3, 0.4) is 0 Å². The first-order valence-electron chi connectivity index (χ1n) is 7.09. The van der Waals surface area contributed by atoms with Gasteiger partial charge < -0.3 is 5.32 Å². The second kappa shape index (κ2) is 6.62. The third-order valence-electron chi connectivity index (χ3n) is 3.28. The van der Waals surface area contributed by atoms with Gasteiger partial charge in [-0.3, -0.25) is 9.59 Å². The highest BCUT2D eigenvalue weighted by molar-refractivity contribution is 8.29. The SMILES string of the molecule is C/C(Nc1ccccc1)=C1\C(=O)C(=O)SC1=Nc1ccccc1. The average molecular weight is 322 g/mol. The Bertz CT molecular complexity index is 811. The van der Waals surface area contributed by atoms with Gasteiger partial charge in [-0.25, -0.2) is 4.99 Å². The van der Waals surface area contributed by atoms with E-state index in [2.05, 4.69) is 10.3 Å². The maximum absolute atomic E-state index is 12.2. The molecule has 0 aliphatic carbocycles. The molecule has 0 saturated carbocycles. The van der Waals surface area contributed by atoms with Crippen LogP contribution < -0.4 is 5.32 Å². The molecule has 0 bridgehead atoms. The number of thioether (sulfide) groups is 1. The summed E-state index contributed by atoms with van der Waals surface area (Å²) in [6, 6.07) is 18.8. The number of carbonyl (C=O) groups excluding carboxylic acids is 2. The minimum Gasteiger partial charge on any atom is -0.358 e. The lowest BCUT2D eigenvalue weighted by Crippen LogP contribution is -2.11. The van der Waals surface area contributed by atoms with Crippen LogP contribution in [-0.2, 0) is 9.59 Å². The van der Waals surface area contributed by atoms with Gasteiger partial charge in [-0.15, -0.1) is 0 Å². The smallest absolute Gasteiger partial charge is 0.266 e. The highest BCUT2D eigenvalue weighted by Crippen LogP contribution is 2.30. The molecule has 1 heterocycles. The number of anilines is 1. The summed E-state index contributed by atoms with van der Waals surface area (Å²) in [6.07, 6.45) is 0. The number of aliphatic imine (C=N–C) groups is 1. The van der Waals surface area contributed by atoms with E-state index >= 15 is 0 Å². The van der Waals surface area contributed by atoms with Crippen LogP contribution in [0.2, 0.25) is 0 Å². The number of rotatable bonds is 3. The van der Waals surface area contributed by atoms with Gasteiger partial charge in [-0.05, 0) is 43.0 Å². The summed E-state index contributed by atoms with van der Waals surface area (Å²) in [5.41, 5.74) is 2.53. The van der Waals surface area contributed by atoms with Gasteiger partial charge in [0.2, 0.25) is 5.78 Å². The second-order valence-corrected chi connectivity index (χ2v) is 5.92. The van der Waals surface area contributed by atoms with E-state index in [-0.39, 0.29) is 0 Å². The quantitative estimate of drug-likeness (QED) is 0.687. The molecule has 3 rings (SSSR count). The number of benzene rings is 2. The van der Waals surface area contributed by atoms with E-state index in [1.54, 1.807) is 6.92 Å². The van der Waals surface area contributed by atoms with Crippen molar-refractivity contribution < 1.29 is 9.59 Å². The number of nitrogens with zero attached hydrogens (tertiary/aromatic N) is 1. The Kier molecular flexibility index (Phi) is 4.39. The molecule has 4 nitrogen and oxygen atoms in total. The van der Waals surface area contributed by atoms with Crippen molar-refractivity contribution in [3.63, 3.8) is 0 Å². The number of nitrogens with one attached hydrogen (secondary N) is 1. The molecule has 0 spiro atoms. The van der Waals surface area contributed by atoms with Gasteiger partial charge in [0.05, 0.1) is 11.3 Å². The zero-order valence-corrected chi connectivity index (χ0v) is 13.3. The van der Waals surface area contributed by atoms with Crippen molar-refractivity contribution in [1.29, 1.82) is 0 Å². The highest BCUT2D eigenvalue weighted by atomic mass is 32.2. The number of Topliss-reactive ketones (excluding diaryl/α,β-unsaturated/α-hetero) is 1. The van der Waals surface area contributed by atoms with Crippen molar-refractivity contribution >= 4 is 39.1 Å². The van der Waals surface area contributed by atoms with Gasteiger partial charge in [0.25, 0.3) is 5.12 Å². The summed E-state index contributed by atoms with van der Waals surface area (Å²) in [5, 5.41) is 3.10. The van der Waals surface area contributed by atoms with Crippen LogP contribution in [0.4, 0.5) is 11.4 Å². The molecule has 0 radical (unpaired) electrons. The van der Waals surface area contributed by atoms with Gasteiger partial charge in [0, 0.05) is 11.4 Å². The fourth-order valence-corrected chi connectivity index (χ4v) is 3.08. The predicted molar refractivity (Wildman–Crippen MR) is 93.9 cm³/mol. The number of allylic oxidation sites excluding steroid dienone is 1. The van der Waals surface area contributed by atoms with Gasteiger partial charge in [0.1, 0.15) is 5.04 Å². The lowest BCUT2D eigenvalue weighted by Gasteiger charge is -2.09. The molecule has 1 aliphatic rings. The minimum absolute atomic E-state index is 0.340. The highest BCUT2D eigenvalue weighted by Gasteiger charge is 2.36. The zero-order valence-electron chi connectivity index (χ0n) is 12.4. The van der Waals surface area contributed by atoms with Crippen LogP contribution in [-0.4, -0.2) is 15.9 Å². The minimum atomic E-state index is -0.509. The second-order valence-electron chi connectivity index (χ2n) is 4.96. The molecular formula is C18H14N2O2S. The van der Waals surface area contributed by atoms with Crippen molar-refractivity contribution in [2.75, 3.05) is 5.32 Å². The molecule has 2 aromatic rings. The summed E-state index contributed by atoms with van der Waals surface area (Å²) >= 11 is 0.879. The van der Waals surface area contributed by atoms with Gasteiger partial charge >= 0.3 is 0 Å². The average Bonchev–Trinajstić information content (AvgIpc) is 2.83. The van der Waals surface area contributed by atoms with E-state index in [1.807, 2.05) is 60.7 Å². The Morgan fingerprint density at radius 2 is 1.57 bits per heavy atom. The molecule has 0 atom stereocenters. The fraction of sp³-hybridized carbons (Fsp3) is 0.0556. The summed E-state index contributed by atoms with van der Waals surface area (Å²) in [6.45, 7) is 1.78. The zero-order chi connectivity index (χ0) is 16.2. The van der Waals surface area contributed by atoms with Gasteiger partial charge in [-0.1, -0.05) is 36.4 Å². The summed E-state index contributed by atoms with van der Waals surface area (Å²) in [4.78, 5) is 28.4. The van der Waals surface area contributed by atoms with Crippen LogP contribution >= 0.6 is 11.8 Å². The van der Waals surface area contributed by atoms with E-state index in [4.69, 9.17) is 0 Å². The van der Waals surface area contributed by atoms with Crippen LogP contribution in [0.5, 0.6) is 0 Å². The molecule has 1 saturated heterocycles. The lowest BCUT2D eigenvalue weighted by atomic mass is 10.1. The number of ketones is 1. The first-order chi connectivity index (χ1) is 11.1. The number of hydrogen-bond acceptors (Lipinski definition) is 5. The lowest BCUT2D eigenvalue weighted by molar-refractivity contribution is -0.128. The molecule has 2 aromatic carbocycles. The van der Waals surface area contributed by atoms with E-state index in [0.29, 0.717) is 22.0 Å². The molecule has 1 N–H and O–H groups in total. The number of carbonyl (C=O) groups is 2. The van der Waals surface area contributed by atoms with Crippen LogP contribution in [0.1, 0.15) is 6.92 Å². The van der Waals surface area contributed by atoms with Crippen molar-refractivity contribution in [3.8, 4) is 0 Å². The molecule has 5 heteroatoms. The maximum Gasteiger partial charge on any atom is 0.266 e. The van der Waals surface area contributed by atoms with Gasteiger partial charge in [0.15, 0.2) is 0 Å². The van der Waals surface area contributed by atoms with Crippen molar-refractivity contribution in [3.05, 3.63) is 71.9 Å². The van der Waals surface area contributed by atoms with Crippen molar-refractivity contribution in [1.82, 2.24) is 0 Å². The molecule has 1 aliphatic heterocycles. The molecule has 1 fully saturated rings. The van der Waals surface area contributed by atoms with E-state index < -0.39 is 10.9 Å². The van der Waals surface area contributed by atoms with Crippen LogP contribution in [0, 0.1) is 0 Å². The molecular weight excluding hydrogens is 308 g/mol. The Hall–Kier alpha value is -2.66. The number of para-hydroxylation sites is 2. The van der Waals surface area contributed by atoms with E-state index in [1.165, 1.54) is 0 Å². The monoisotopic (exact) mass is 322 g/mol. The van der Waals surface area contributed by atoms with Crippen LogP contribution in [0.25, 0.3) is 0 Å². The number of hydrogen-bond donors (Lipinski definition) is 1. The first-order valence-corrected chi connectivity index (χ1v) is 7.90. The normalized spacial score (nSPS) is 18.4. The largest absolute Gasteiger partial charge is 0.358 e. The summed E-state index contributed by atoms with van der Waals surface area (Å²) in [5.74, 6) is -0.509. The molecule has 23 heavy (non-hydrogen) atoms.